The zero-order valence-electron chi connectivity index (χ0n) is 7.72. The van der Waals surface area contributed by atoms with E-state index >= 15 is 0 Å². The Bertz CT molecular complexity index is 280. The van der Waals surface area contributed by atoms with Crippen LogP contribution in [0.15, 0.2) is 11.4 Å². The highest BCUT2D eigenvalue weighted by Crippen LogP contribution is 2.39. The lowest BCUT2D eigenvalue weighted by Gasteiger charge is -2.33. The summed E-state index contributed by atoms with van der Waals surface area (Å²) in [5, 5.41) is 5.04. The third kappa shape index (κ3) is 1.63. The van der Waals surface area contributed by atoms with E-state index in [0.29, 0.717) is 5.92 Å². The van der Waals surface area contributed by atoms with Crippen LogP contribution in [0.3, 0.4) is 0 Å². The Balaban J connectivity index is 2.16. The van der Waals surface area contributed by atoms with Gasteiger partial charge in [0.25, 0.3) is 0 Å². The first-order chi connectivity index (χ1) is 6.33. The van der Waals surface area contributed by atoms with E-state index in [4.69, 9.17) is 0 Å². The minimum Gasteiger partial charge on any atom is -0.312 e. The molecule has 0 bridgehead atoms. The molecular formula is C10H14FNS. The Kier molecular flexibility index (Phi) is 2.65. The summed E-state index contributed by atoms with van der Waals surface area (Å²) < 4.78 is 13.3. The van der Waals surface area contributed by atoms with Crippen molar-refractivity contribution in [2.75, 3.05) is 7.05 Å². The van der Waals surface area contributed by atoms with Gasteiger partial charge < -0.3 is 5.32 Å². The van der Waals surface area contributed by atoms with E-state index < -0.39 is 0 Å². The molecule has 1 atom stereocenters. The topological polar surface area (TPSA) is 12.0 Å². The highest BCUT2D eigenvalue weighted by Gasteiger charge is 2.29. The number of nitrogens with one attached hydrogen (secondary N) is 1. The van der Waals surface area contributed by atoms with Crippen molar-refractivity contribution in [2.24, 2.45) is 5.92 Å². The molecule has 72 valence electrons. The van der Waals surface area contributed by atoms with Gasteiger partial charge >= 0.3 is 0 Å². The molecule has 1 nitrogen and oxygen atoms in total. The van der Waals surface area contributed by atoms with E-state index in [0.717, 1.165) is 4.88 Å². The van der Waals surface area contributed by atoms with Crippen molar-refractivity contribution < 1.29 is 4.39 Å². The average Bonchev–Trinajstić information content (AvgIpc) is 2.43. The SMILES string of the molecule is CNC(c1sccc1F)C1CCC1. The highest BCUT2D eigenvalue weighted by atomic mass is 32.1. The second-order valence-electron chi connectivity index (χ2n) is 3.59. The van der Waals surface area contributed by atoms with Crippen molar-refractivity contribution >= 4 is 11.3 Å². The minimum absolute atomic E-state index is 0.0451. The van der Waals surface area contributed by atoms with Gasteiger partial charge in [0.05, 0.1) is 4.88 Å². The number of halogens is 1. The molecule has 0 amide bonds. The average molecular weight is 199 g/mol. The van der Waals surface area contributed by atoms with Crippen LogP contribution in [0.1, 0.15) is 30.2 Å². The summed E-state index contributed by atoms with van der Waals surface area (Å²) in [4.78, 5) is 0.882. The molecule has 13 heavy (non-hydrogen) atoms. The van der Waals surface area contributed by atoms with Crippen molar-refractivity contribution in [3.8, 4) is 0 Å². The first-order valence-electron chi connectivity index (χ1n) is 4.73. The number of thiophene rings is 1. The highest BCUT2D eigenvalue weighted by molar-refractivity contribution is 7.10. The van der Waals surface area contributed by atoms with Crippen LogP contribution in [0.4, 0.5) is 4.39 Å². The Morgan fingerprint density at radius 1 is 1.62 bits per heavy atom. The third-order valence-electron chi connectivity index (χ3n) is 2.86. The van der Waals surface area contributed by atoms with E-state index in [1.54, 1.807) is 6.07 Å². The monoisotopic (exact) mass is 199 g/mol. The summed E-state index contributed by atoms with van der Waals surface area (Å²) >= 11 is 1.52. The zero-order chi connectivity index (χ0) is 9.26. The molecule has 1 heterocycles. The summed E-state index contributed by atoms with van der Waals surface area (Å²) in [6, 6.07) is 1.80. The van der Waals surface area contributed by atoms with E-state index in [-0.39, 0.29) is 11.9 Å². The van der Waals surface area contributed by atoms with E-state index in [2.05, 4.69) is 5.32 Å². The molecule has 1 aromatic heterocycles. The minimum atomic E-state index is -0.0451. The Morgan fingerprint density at radius 2 is 2.38 bits per heavy atom. The molecule has 1 saturated carbocycles. The second-order valence-corrected chi connectivity index (χ2v) is 4.54. The van der Waals surface area contributed by atoms with Crippen molar-refractivity contribution in [3.05, 3.63) is 22.1 Å². The van der Waals surface area contributed by atoms with Gasteiger partial charge in [0, 0.05) is 6.04 Å². The summed E-state index contributed by atoms with van der Waals surface area (Å²) in [6.07, 6.45) is 3.78. The molecule has 0 aliphatic heterocycles. The maximum Gasteiger partial charge on any atom is 0.138 e. The third-order valence-corrected chi connectivity index (χ3v) is 3.83. The fraction of sp³-hybridized carbons (Fsp3) is 0.600. The van der Waals surface area contributed by atoms with Gasteiger partial charge in [-0.3, -0.25) is 0 Å². The molecule has 1 aromatic rings. The first-order valence-corrected chi connectivity index (χ1v) is 5.61. The van der Waals surface area contributed by atoms with Crippen molar-refractivity contribution in [3.63, 3.8) is 0 Å². The van der Waals surface area contributed by atoms with E-state index in [1.807, 2.05) is 12.4 Å². The van der Waals surface area contributed by atoms with Gasteiger partial charge in [0.1, 0.15) is 5.82 Å². The van der Waals surface area contributed by atoms with Gasteiger partial charge in [-0.25, -0.2) is 4.39 Å². The quantitative estimate of drug-likeness (QED) is 0.789. The lowest BCUT2D eigenvalue weighted by molar-refractivity contribution is 0.238. The fourth-order valence-corrected chi connectivity index (χ4v) is 2.85. The van der Waals surface area contributed by atoms with Gasteiger partial charge in [-0.05, 0) is 37.3 Å². The zero-order valence-corrected chi connectivity index (χ0v) is 8.53. The molecule has 1 fully saturated rings. The molecule has 2 rings (SSSR count). The molecule has 1 aliphatic carbocycles. The molecule has 3 heteroatoms. The number of hydrogen-bond donors (Lipinski definition) is 1. The molecule has 1 N–H and O–H groups in total. The van der Waals surface area contributed by atoms with Crippen LogP contribution in [-0.4, -0.2) is 7.05 Å². The first kappa shape index (κ1) is 9.16. The van der Waals surface area contributed by atoms with Crippen LogP contribution < -0.4 is 5.32 Å². The van der Waals surface area contributed by atoms with Crippen LogP contribution in [0.2, 0.25) is 0 Å². The normalized spacial score (nSPS) is 19.8. The molecule has 1 unspecified atom stereocenters. The second kappa shape index (κ2) is 3.76. The number of hydrogen-bond acceptors (Lipinski definition) is 2. The number of rotatable bonds is 3. The fourth-order valence-electron chi connectivity index (χ4n) is 1.88. The van der Waals surface area contributed by atoms with Gasteiger partial charge in [-0.15, -0.1) is 11.3 Å². The van der Waals surface area contributed by atoms with Gasteiger partial charge in [-0.1, -0.05) is 6.42 Å². The van der Waals surface area contributed by atoms with Crippen molar-refractivity contribution in [2.45, 2.75) is 25.3 Å². The van der Waals surface area contributed by atoms with Gasteiger partial charge in [0.15, 0.2) is 0 Å². The molecule has 0 aromatic carbocycles. The molecular weight excluding hydrogens is 185 g/mol. The van der Waals surface area contributed by atoms with Crippen LogP contribution in [-0.2, 0) is 0 Å². The maximum absolute atomic E-state index is 13.3. The standard InChI is InChI=1S/C10H14FNS/c1-12-9(7-3-2-4-7)10-8(11)5-6-13-10/h5-7,9,12H,2-4H2,1H3. The smallest absolute Gasteiger partial charge is 0.138 e. The summed E-state index contributed by atoms with van der Waals surface area (Å²) in [6.45, 7) is 0. The summed E-state index contributed by atoms with van der Waals surface area (Å²) in [5.74, 6) is 0.606. The summed E-state index contributed by atoms with van der Waals surface area (Å²) in [7, 11) is 1.92. The Hall–Kier alpha value is -0.410. The molecule has 0 spiro atoms. The lowest BCUT2D eigenvalue weighted by atomic mass is 9.79. The predicted octanol–water partition coefficient (Wildman–Crippen LogP) is 2.95. The maximum atomic E-state index is 13.3. The van der Waals surface area contributed by atoms with E-state index in [9.17, 15) is 4.39 Å². The van der Waals surface area contributed by atoms with Crippen molar-refractivity contribution in [1.82, 2.24) is 5.32 Å². The Labute approximate surface area is 82.0 Å². The predicted molar refractivity (Wildman–Crippen MR) is 53.4 cm³/mol. The van der Waals surface area contributed by atoms with Crippen molar-refractivity contribution in [1.29, 1.82) is 0 Å². The molecule has 0 radical (unpaired) electrons. The summed E-state index contributed by atoms with van der Waals surface area (Å²) in [5.41, 5.74) is 0. The largest absolute Gasteiger partial charge is 0.312 e. The van der Waals surface area contributed by atoms with Gasteiger partial charge in [-0.2, -0.15) is 0 Å². The molecule has 1 aliphatic rings. The van der Waals surface area contributed by atoms with Crippen LogP contribution in [0.25, 0.3) is 0 Å². The lowest BCUT2D eigenvalue weighted by Crippen LogP contribution is -2.29. The van der Waals surface area contributed by atoms with Gasteiger partial charge in [0.2, 0.25) is 0 Å². The van der Waals surface area contributed by atoms with Crippen LogP contribution in [0, 0.1) is 11.7 Å². The molecule has 0 saturated heterocycles. The van der Waals surface area contributed by atoms with Crippen LogP contribution >= 0.6 is 11.3 Å². The van der Waals surface area contributed by atoms with Crippen LogP contribution in [0.5, 0.6) is 0 Å². The van der Waals surface area contributed by atoms with E-state index in [1.165, 1.54) is 30.6 Å². The Morgan fingerprint density at radius 3 is 2.77 bits per heavy atom.